The second-order valence-corrected chi connectivity index (χ2v) is 14.4. The van der Waals surface area contributed by atoms with E-state index in [0.29, 0.717) is 18.7 Å². The lowest BCUT2D eigenvalue weighted by molar-refractivity contribution is -0.282. The molecular formula is C27H53N7O14S. The molecule has 16 atom stereocenters. The van der Waals surface area contributed by atoms with E-state index < -0.39 is 120 Å². The van der Waals surface area contributed by atoms with Gasteiger partial charge in [0, 0.05) is 25.7 Å². The highest BCUT2D eigenvalue weighted by atomic mass is 32.2. The van der Waals surface area contributed by atoms with E-state index in [1.807, 2.05) is 0 Å². The van der Waals surface area contributed by atoms with Gasteiger partial charge in [-0.2, -0.15) is 0 Å². The van der Waals surface area contributed by atoms with Crippen molar-refractivity contribution in [3.63, 3.8) is 0 Å². The molecule has 22 heteroatoms. The summed E-state index contributed by atoms with van der Waals surface area (Å²) in [6, 6.07) is -4.11. The van der Waals surface area contributed by atoms with E-state index >= 15 is 0 Å². The van der Waals surface area contributed by atoms with Crippen molar-refractivity contribution in [2.24, 2.45) is 28.7 Å². The quantitative estimate of drug-likeness (QED) is 0.0655. The van der Waals surface area contributed by atoms with Crippen LogP contribution in [0.2, 0.25) is 0 Å². The molecule has 1 saturated carbocycles. The molecule has 3 aliphatic heterocycles. The van der Waals surface area contributed by atoms with Crippen LogP contribution in [0.3, 0.4) is 0 Å². The summed E-state index contributed by atoms with van der Waals surface area (Å²) in [5, 5.41) is 65.6. The van der Waals surface area contributed by atoms with Crippen LogP contribution >= 0.6 is 0 Å². The molecule has 0 aromatic rings. The number of hydrogen-bond donors (Lipinski definition) is 13. The Hall–Kier alpha value is -1.23. The van der Waals surface area contributed by atoms with Gasteiger partial charge in [0.05, 0.1) is 49.7 Å². The molecule has 286 valence electrons. The van der Waals surface area contributed by atoms with E-state index in [1.165, 1.54) is 0 Å². The molecule has 4 rings (SSSR count). The number of rotatable bonds is 16. The first-order valence-electron chi connectivity index (χ1n) is 16.2. The van der Waals surface area contributed by atoms with Crippen LogP contribution < -0.4 is 38.7 Å². The van der Waals surface area contributed by atoms with Gasteiger partial charge in [-0.05, 0) is 18.9 Å². The van der Waals surface area contributed by atoms with Crippen LogP contribution in [-0.2, 0) is 38.4 Å². The van der Waals surface area contributed by atoms with Crippen molar-refractivity contribution in [3.05, 3.63) is 11.8 Å². The summed E-state index contributed by atoms with van der Waals surface area (Å²) in [6.07, 6.45) is -14.6. The maximum Gasteiger partial charge on any atom is 0.215 e. The molecule has 0 bridgehead atoms. The Morgan fingerprint density at radius 2 is 1.51 bits per heavy atom. The summed E-state index contributed by atoms with van der Waals surface area (Å²) >= 11 is 0. The van der Waals surface area contributed by atoms with Gasteiger partial charge in [0.25, 0.3) is 0 Å². The van der Waals surface area contributed by atoms with Crippen molar-refractivity contribution in [1.29, 1.82) is 0 Å². The Labute approximate surface area is 284 Å². The van der Waals surface area contributed by atoms with Crippen molar-refractivity contribution in [2.75, 3.05) is 45.1 Å². The normalized spacial score (nSPS) is 43.3. The first-order valence-corrected chi connectivity index (χ1v) is 17.8. The molecule has 0 spiro atoms. The van der Waals surface area contributed by atoms with Crippen molar-refractivity contribution >= 4 is 10.0 Å². The number of hydrogen-bond acceptors (Lipinski definition) is 20. The highest BCUT2D eigenvalue weighted by Crippen LogP contribution is 2.34. The number of ether oxygens (including phenoxy) is 6. The minimum Gasteiger partial charge on any atom is -0.467 e. The molecule has 0 aromatic carbocycles. The Bertz CT molecular complexity index is 1180. The molecule has 0 amide bonds. The fourth-order valence-electron chi connectivity index (χ4n) is 6.20. The third-order valence-corrected chi connectivity index (χ3v) is 10.3. The Morgan fingerprint density at radius 1 is 0.837 bits per heavy atom. The van der Waals surface area contributed by atoms with Crippen LogP contribution in [0.25, 0.3) is 0 Å². The Balaban J connectivity index is 1.55. The van der Waals surface area contributed by atoms with Crippen molar-refractivity contribution < 1.29 is 67.5 Å². The second-order valence-electron chi connectivity index (χ2n) is 12.5. The zero-order valence-electron chi connectivity index (χ0n) is 26.9. The van der Waals surface area contributed by atoms with Crippen LogP contribution in [0.15, 0.2) is 11.8 Å². The van der Waals surface area contributed by atoms with Gasteiger partial charge >= 0.3 is 0 Å². The number of nitrogens with one attached hydrogen (secondary N) is 2. The molecule has 4 aliphatic rings. The molecule has 3 fully saturated rings. The van der Waals surface area contributed by atoms with Crippen LogP contribution in [-0.4, -0.2) is 182 Å². The third kappa shape index (κ3) is 9.81. The minimum atomic E-state index is -3.95. The number of sulfonamides is 1. The molecule has 0 aromatic heterocycles. The van der Waals surface area contributed by atoms with Gasteiger partial charge in [0.2, 0.25) is 16.3 Å². The van der Waals surface area contributed by atoms with E-state index in [2.05, 4.69) is 10.0 Å². The van der Waals surface area contributed by atoms with Crippen molar-refractivity contribution in [1.82, 2.24) is 10.0 Å². The van der Waals surface area contributed by atoms with E-state index in [4.69, 9.17) is 62.2 Å². The molecule has 1 aliphatic carbocycles. The molecule has 3 heterocycles. The van der Waals surface area contributed by atoms with Crippen molar-refractivity contribution in [2.45, 2.75) is 111 Å². The highest BCUT2D eigenvalue weighted by Gasteiger charge is 2.54. The van der Waals surface area contributed by atoms with Crippen LogP contribution in [0, 0.1) is 0 Å². The maximum atomic E-state index is 12.6. The summed E-state index contributed by atoms with van der Waals surface area (Å²) in [4.78, 5) is 0. The van der Waals surface area contributed by atoms with Gasteiger partial charge in [-0.1, -0.05) is 0 Å². The van der Waals surface area contributed by atoms with Gasteiger partial charge in [-0.3, -0.25) is 0 Å². The number of nitrogens with two attached hydrogens (primary N) is 5. The summed E-state index contributed by atoms with van der Waals surface area (Å²) in [7, 11) is -3.95. The lowest BCUT2D eigenvalue weighted by Crippen LogP contribution is -2.66. The maximum absolute atomic E-state index is 12.6. The number of aliphatic hydroxyl groups is 6. The minimum absolute atomic E-state index is 0.0886. The van der Waals surface area contributed by atoms with E-state index in [1.54, 1.807) is 6.08 Å². The topological polar surface area (TPSA) is 365 Å². The number of aliphatic hydroxyl groups excluding tert-OH is 6. The molecule has 21 nitrogen and oxygen atoms in total. The lowest BCUT2D eigenvalue weighted by atomic mass is 9.84. The van der Waals surface area contributed by atoms with Gasteiger partial charge in [-0.25, -0.2) is 13.1 Å². The smallest absolute Gasteiger partial charge is 0.215 e. The van der Waals surface area contributed by atoms with Crippen LogP contribution in [0.4, 0.5) is 0 Å². The fraction of sp³-hybridized carbons (Fsp3) is 0.926. The largest absolute Gasteiger partial charge is 0.467 e. The van der Waals surface area contributed by atoms with Crippen LogP contribution in [0.5, 0.6) is 0 Å². The lowest BCUT2D eigenvalue weighted by Gasteiger charge is -2.46. The molecule has 0 radical (unpaired) electrons. The van der Waals surface area contributed by atoms with Crippen molar-refractivity contribution in [3.8, 4) is 0 Å². The second kappa shape index (κ2) is 18.0. The van der Waals surface area contributed by atoms with E-state index in [-0.39, 0.29) is 32.7 Å². The summed E-state index contributed by atoms with van der Waals surface area (Å²) in [6.45, 7) is -0.570. The molecule has 0 unspecified atom stereocenters. The molecule has 49 heavy (non-hydrogen) atoms. The van der Waals surface area contributed by atoms with E-state index in [9.17, 15) is 34.0 Å². The molecule has 18 N–H and O–H groups in total. The van der Waals surface area contributed by atoms with Gasteiger partial charge in [0.1, 0.15) is 54.6 Å². The van der Waals surface area contributed by atoms with E-state index in [0.717, 1.165) is 0 Å². The predicted molar refractivity (Wildman–Crippen MR) is 168 cm³/mol. The predicted octanol–water partition coefficient (Wildman–Crippen LogP) is -8.17. The standard InChI is InChI=1S/C27H53N7O14S/c28-3-6-49(41,42)34-14-7-13(31)22(46-25-12(30)2-1-11(43-25)9-33-4-5-35)24(18(14)37)48-27-21(40)23(16(10-36)45-27)47-26-17(32)20(39)19(38)15(8-29)44-26/h1,12-27,33-40H,2-10,28-32H2/t12-,13+,14-,15+,16-,17-,18+,19-,20-,21-,22-,23-,24-,25-,26-,27+/m1/s1. The van der Waals surface area contributed by atoms with Gasteiger partial charge in [-0.15, -0.1) is 0 Å². The summed E-state index contributed by atoms with van der Waals surface area (Å²) in [5.41, 5.74) is 29.9. The summed E-state index contributed by atoms with van der Waals surface area (Å²) < 4.78 is 63.1. The first-order chi connectivity index (χ1) is 23.2. The molecular weight excluding hydrogens is 678 g/mol. The zero-order valence-corrected chi connectivity index (χ0v) is 27.7. The zero-order chi connectivity index (χ0) is 36.0. The Kier molecular flexibility index (Phi) is 14.9. The van der Waals surface area contributed by atoms with Gasteiger partial charge < -0.3 is 93.0 Å². The highest BCUT2D eigenvalue weighted by molar-refractivity contribution is 7.89. The SMILES string of the molecule is NCCS(=O)(=O)N[C@@H]1C[C@H](N)[C@@H](O[C@H]2OC(CNCCO)=CC[C@H]2N)[C@H](O[C@@H]2O[C@H](CO)[C@@H](O[C@H]3O[C@@H](CN)[C@@H](O)[C@H](O)[C@H]3N)[C@H]2O)[C@H]1O. The fourth-order valence-corrected chi connectivity index (χ4v) is 7.32. The Morgan fingerprint density at radius 3 is 2.16 bits per heavy atom. The van der Waals surface area contributed by atoms with Crippen LogP contribution in [0.1, 0.15) is 12.8 Å². The third-order valence-electron chi connectivity index (χ3n) is 8.89. The summed E-state index contributed by atoms with van der Waals surface area (Å²) in [5.74, 6) is 0.0539. The monoisotopic (exact) mass is 731 g/mol. The first kappa shape index (κ1) is 40.5. The average Bonchev–Trinajstić information content (AvgIpc) is 3.35. The average molecular weight is 732 g/mol. The molecule has 2 saturated heterocycles. The van der Waals surface area contributed by atoms with Gasteiger partial charge in [0.15, 0.2) is 12.6 Å².